The number of halogens is 1. The minimum Gasteiger partial charge on any atom is -0.481 e. The van der Waals surface area contributed by atoms with E-state index in [1.165, 1.54) is 0 Å². The van der Waals surface area contributed by atoms with Crippen molar-refractivity contribution in [3.05, 3.63) is 40.9 Å². The van der Waals surface area contributed by atoms with Crippen LogP contribution in [0.15, 0.2) is 24.4 Å². The van der Waals surface area contributed by atoms with Crippen LogP contribution in [0.25, 0.3) is 0 Å². The van der Waals surface area contributed by atoms with Gasteiger partial charge in [0.05, 0.1) is 7.11 Å². The smallest absolute Gasteiger partial charge is 0.218 e. The second-order valence-corrected chi connectivity index (χ2v) is 4.54. The molecule has 0 bridgehead atoms. The van der Waals surface area contributed by atoms with E-state index in [1.54, 1.807) is 19.4 Å². The first-order valence-electron chi connectivity index (χ1n) is 6.56. The average molecular weight is 309 g/mol. The molecule has 2 heterocycles. The molecule has 0 atom stereocenters. The molecule has 6 nitrogen and oxygen atoms in total. The van der Waals surface area contributed by atoms with Gasteiger partial charge in [0.25, 0.3) is 0 Å². The summed E-state index contributed by atoms with van der Waals surface area (Å²) in [5.41, 5.74) is 0.932. The van der Waals surface area contributed by atoms with Gasteiger partial charge in [0.15, 0.2) is 5.82 Å². The molecule has 7 heteroatoms. The maximum Gasteiger partial charge on any atom is 0.218 e. The van der Waals surface area contributed by atoms with Crippen molar-refractivity contribution in [3.63, 3.8) is 0 Å². The molecule has 21 heavy (non-hydrogen) atoms. The van der Waals surface area contributed by atoms with E-state index in [2.05, 4.69) is 20.3 Å². The minimum absolute atomic E-state index is 0.335. The van der Waals surface area contributed by atoms with Gasteiger partial charge in [0.1, 0.15) is 17.6 Å². The largest absolute Gasteiger partial charge is 0.481 e. The quantitative estimate of drug-likeness (QED) is 0.793. The lowest BCUT2D eigenvalue weighted by Crippen LogP contribution is -2.07. The van der Waals surface area contributed by atoms with Crippen molar-refractivity contribution in [3.8, 4) is 5.88 Å². The van der Waals surface area contributed by atoms with Crippen molar-refractivity contribution in [2.75, 3.05) is 19.0 Å². The molecule has 0 aromatic carbocycles. The lowest BCUT2D eigenvalue weighted by molar-refractivity contribution is 0.128. The molecule has 0 radical (unpaired) electrons. The second kappa shape index (κ2) is 7.75. The van der Waals surface area contributed by atoms with Crippen molar-refractivity contribution in [1.29, 1.82) is 0 Å². The number of methoxy groups -OCH3 is 1. The topological polar surface area (TPSA) is 69.2 Å². The van der Waals surface area contributed by atoms with Crippen LogP contribution in [0.2, 0.25) is 5.15 Å². The van der Waals surface area contributed by atoms with Gasteiger partial charge in [-0.2, -0.15) is 0 Å². The Hall–Kier alpha value is -1.92. The zero-order valence-electron chi connectivity index (χ0n) is 12.0. The predicted octanol–water partition coefficient (Wildman–Crippen LogP) is 2.68. The molecule has 0 saturated heterocycles. The number of anilines is 1. The molecule has 0 fully saturated rings. The van der Waals surface area contributed by atoms with Crippen LogP contribution in [-0.4, -0.2) is 28.7 Å². The number of nitrogens with zero attached hydrogens (tertiary/aromatic N) is 3. The summed E-state index contributed by atoms with van der Waals surface area (Å²) < 4.78 is 10.5. The van der Waals surface area contributed by atoms with Gasteiger partial charge >= 0.3 is 0 Å². The van der Waals surface area contributed by atoms with Gasteiger partial charge in [0.2, 0.25) is 5.88 Å². The minimum atomic E-state index is 0.335. The number of hydrogen-bond acceptors (Lipinski definition) is 6. The third-order valence-electron chi connectivity index (χ3n) is 2.68. The van der Waals surface area contributed by atoms with E-state index in [1.807, 2.05) is 19.1 Å². The first-order chi connectivity index (χ1) is 10.2. The van der Waals surface area contributed by atoms with Crippen molar-refractivity contribution in [2.24, 2.45) is 0 Å². The molecule has 0 saturated carbocycles. The van der Waals surface area contributed by atoms with Crippen molar-refractivity contribution >= 4 is 17.4 Å². The van der Waals surface area contributed by atoms with Crippen LogP contribution in [0, 0.1) is 0 Å². The third kappa shape index (κ3) is 4.54. The fourth-order valence-electron chi connectivity index (χ4n) is 1.74. The van der Waals surface area contributed by atoms with Crippen LogP contribution in [0.3, 0.4) is 0 Å². The molecule has 0 aliphatic rings. The van der Waals surface area contributed by atoms with Gasteiger partial charge < -0.3 is 14.8 Å². The molecule has 0 unspecified atom stereocenters. The fourth-order valence-corrected chi connectivity index (χ4v) is 1.94. The summed E-state index contributed by atoms with van der Waals surface area (Å²) >= 11 is 5.99. The van der Waals surface area contributed by atoms with Crippen LogP contribution in [0.5, 0.6) is 5.88 Å². The Morgan fingerprint density at radius 1 is 1.33 bits per heavy atom. The van der Waals surface area contributed by atoms with Crippen LogP contribution >= 0.6 is 11.6 Å². The normalized spacial score (nSPS) is 10.4. The van der Waals surface area contributed by atoms with E-state index in [4.69, 9.17) is 21.1 Å². The number of ether oxygens (including phenoxy) is 2. The van der Waals surface area contributed by atoms with Crippen LogP contribution in [-0.2, 0) is 17.9 Å². The van der Waals surface area contributed by atoms with Gasteiger partial charge in [0, 0.05) is 31.0 Å². The lowest BCUT2D eigenvalue weighted by Gasteiger charge is -2.10. The first-order valence-corrected chi connectivity index (χ1v) is 6.93. The zero-order valence-corrected chi connectivity index (χ0v) is 12.7. The Morgan fingerprint density at radius 2 is 2.19 bits per heavy atom. The van der Waals surface area contributed by atoms with E-state index in [0.717, 1.165) is 5.56 Å². The Kier molecular flexibility index (Phi) is 5.71. The number of hydrogen-bond donors (Lipinski definition) is 1. The van der Waals surface area contributed by atoms with Crippen molar-refractivity contribution in [2.45, 2.75) is 20.1 Å². The summed E-state index contributed by atoms with van der Waals surface area (Å²) in [6.07, 6.45) is 1.68. The van der Waals surface area contributed by atoms with E-state index in [-0.39, 0.29) is 0 Å². The fraction of sp³-hybridized carbons (Fsp3) is 0.357. The van der Waals surface area contributed by atoms with E-state index in [9.17, 15) is 0 Å². The Morgan fingerprint density at radius 3 is 2.95 bits per heavy atom. The highest BCUT2D eigenvalue weighted by Crippen LogP contribution is 2.17. The standard InChI is InChI=1S/C14H17ClN4O2/c1-3-21-9-13-18-11(15)7-12(19-13)17-8-10-5-4-6-16-14(10)20-2/h4-7H,3,8-9H2,1-2H3,(H,17,18,19). The third-order valence-corrected chi connectivity index (χ3v) is 2.87. The van der Waals surface area contributed by atoms with E-state index >= 15 is 0 Å². The van der Waals surface area contributed by atoms with Gasteiger partial charge in [-0.15, -0.1) is 0 Å². The average Bonchev–Trinajstić information content (AvgIpc) is 2.50. The number of pyridine rings is 1. The van der Waals surface area contributed by atoms with Crippen molar-refractivity contribution < 1.29 is 9.47 Å². The van der Waals surface area contributed by atoms with Gasteiger partial charge in [-0.05, 0) is 13.0 Å². The molecule has 0 aliphatic heterocycles. The summed E-state index contributed by atoms with van der Waals surface area (Å²) in [5.74, 6) is 1.76. The summed E-state index contributed by atoms with van der Waals surface area (Å²) in [6.45, 7) is 3.38. The zero-order chi connectivity index (χ0) is 15.1. The Balaban J connectivity index is 2.07. The molecule has 2 aromatic rings. The number of rotatable bonds is 7. The molecule has 2 aromatic heterocycles. The summed E-state index contributed by atoms with van der Waals surface area (Å²) in [7, 11) is 1.59. The second-order valence-electron chi connectivity index (χ2n) is 4.15. The highest BCUT2D eigenvalue weighted by Gasteiger charge is 2.06. The maximum absolute atomic E-state index is 5.99. The van der Waals surface area contributed by atoms with E-state index < -0.39 is 0 Å². The van der Waals surface area contributed by atoms with Crippen LogP contribution < -0.4 is 10.1 Å². The Bertz CT molecular complexity index is 595. The molecule has 112 valence electrons. The summed E-state index contributed by atoms with van der Waals surface area (Å²) in [6, 6.07) is 5.45. The molecular weight excluding hydrogens is 292 g/mol. The molecule has 0 amide bonds. The first kappa shape index (κ1) is 15.5. The van der Waals surface area contributed by atoms with E-state index in [0.29, 0.717) is 42.4 Å². The summed E-state index contributed by atoms with van der Waals surface area (Å²) in [4.78, 5) is 12.6. The summed E-state index contributed by atoms with van der Waals surface area (Å²) in [5, 5.41) is 3.56. The SMILES string of the molecule is CCOCc1nc(Cl)cc(NCc2cccnc2OC)n1. The van der Waals surface area contributed by atoms with Gasteiger partial charge in [-0.25, -0.2) is 15.0 Å². The van der Waals surface area contributed by atoms with Crippen molar-refractivity contribution in [1.82, 2.24) is 15.0 Å². The maximum atomic E-state index is 5.99. The highest BCUT2D eigenvalue weighted by atomic mass is 35.5. The Labute approximate surface area is 128 Å². The monoisotopic (exact) mass is 308 g/mol. The molecule has 2 rings (SSSR count). The van der Waals surface area contributed by atoms with Gasteiger partial charge in [-0.1, -0.05) is 17.7 Å². The van der Waals surface area contributed by atoms with Crippen LogP contribution in [0.4, 0.5) is 5.82 Å². The predicted molar refractivity (Wildman–Crippen MR) is 80.5 cm³/mol. The van der Waals surface area contributed by atoms with Crippen LogP contribution in [0.1, 0.15) is 18.3 Å². The lowest BCUT2D eigenvalue weighted by atomic mass is 10.2. The molecular formula is C14H17ClN4O2. The van der Waals surface area contributed by atoms with Gasteiger partial charge in [-0.3, -0.25) is 0 Å². The molecule has 0 aliphatic carbocycles. The molecule has 0 spiro atoms. The molecule has 1 N–H and O–H groups in total. The highest BCUT2D eigenvalue weighted by molar-refractivity contribution is 6.29. The number of aromatic nitrogens is 3. The number of nitrogens with one attached hydrogen (secondary N) is 1.